The number of rotatable bonds is 6. The molecule has 2 aromatic carbocycles. The van der Waals surface area contributed by atoms with E-state index in [0.29, 0.717) is 40.1 Å². The lowest BCUT2D eigenvalue weighted by Gasteiger charge is -2.12. The number of aromatic nitrogens is 2. The normalized spacial score (nSPS) is 12.0. The molecule has 0 aliphatic carbocycles. The smallest absolute Gasteiger partial charge is 0.272 e. The number of hydrogen-bond donors (Lipinski definition) is 1. The van der Waals surface area contributed by atoms with Crippen LogP contribution < -0.4 is 29.0 Å². The summed E-state index contributed by atoms with van der Waals surface area (Å²) in [7, 11) is 4.97. The van der Waals surface area contributed by atoms with Crippen LogP contribution in [0.2, 0.25) is 0 Å². The summed E-state index contributed by atoms with van der Waals surface area (Å²) in [5, 5.41) is 3.66. The van der Waals surface area contributed by atoms with Crippen molar-refractivity contribution in [3.8, 4) is 34.6 Å². The second kappa shape index (κ2) is 8.27. The molecule has 168 valence electrons. The van der Waals surface area contributed by atoms with Crippen LogP contribution in [0.1, 0.15) is 10.5 Å². The molecule has 2 aromatic heterocycles. The number of nitrogens with one attached hydrogen (secondary N) is 1. The Morgan fingerprint density at radius 2 is 1.82 bits per heavy atom. The minimum absolute atomic E-state index is 0.171. The molecular formula is C24H21N3O6. The summed E-state index contributed by atoms with van der Waals surface area (Å²) >= 11 is 0. The minimum Gasteiger partial charge on any atom is -0.496 e. The highest BCUT2D eigenvalue weighted by Gasteiger charge is 2.21. The molecule has 9 heteroatoms. The summed E-state index contributed by atoms with van der Waals surface area (Å²) in [6.45, 7) is 0.171. The molecular weight excluding hydrogens is 426 g/mol. The van der Waals surface area contributed by atoms with Gasteiger partial charge in [0.1, 0.15) is 28.6 Å². The lowest BCUT2D eigenvalue weighted by Crippen LogP contribution is -2.16. The van der Waals surface area contributed by atoms with Gasteiger partial charge in [-0.1, -0.05) is 0 Å². The van der Waals surface area contributed by atoms with Crippen molar-refractivity contribution in [2.24, 2.45) is 7.05 Å². The van der Waals surface area contributed by atoms with E-state index in [-0.39, 0.29) is 18.6 Å². The van der Waals surface area contributed by atoms with Crippen molar-refractivity contribution < 1.29 is 28.5 Å². The first-order valence-electron chi connectivity index (χ1n) is 10.1. The zero-order valence-corrected chi connectivity index (χ0v) is 18.2. The molecule has 1 N–H and O–H groups in total. The molecule has 0 saturated heterocycles. The standard InChI is InChI=1S/C24H21N3O6/c1-27-17(12-15-18(29-2)8-9-20(30-3)22(15)27)23(28)26-16-5-4-10-25-24(16)33-14-6-7-19-21(11-14)32-13-31-19/h4-12H,13H2,1-3H3,(H,26,28). The van der Waals surface area contributed by atoms with Crippen LogP contribution in [0.5, 0.6) is 34.6 Å². The fourth-order valence-corrected chi connectivity index (χ4v) is 3.78. The minimum atomic E-state index is -0.332. The van der Waals surface area contributed by atoms with Gasteiger partial charge in [0, 0.05) is 24.7 Å². The van der Waals surface area contributed by atoms with Crippen LogP contribution in [0, 0.1) is 0 Å². The van der Waals surface area contributed by atoms with E-state index in [1.54, 1.807) is 80.6 Å². The number of anilines is 1. The Kier molecular flexibility index (Phi) is 5.14. The zero-order valence-electron chi connectivity index (χ0n) is 18.2. The van der Waals surface area contributed by atoms with Gasteiger partial charge in [-0.05, 0) is 42.5 Å². The van der Waals surface area contributed by atoms with E-state index in [2.05, 4.69) is 10.3 Å². The van der Waals surface area contributed by atoms with Crippen LogP contribution in [0.3, 0.4) is 0 Å². The van der Waals surface area contributed by atoms with Crippen LogP contribution >= 0.6 is 0 Å². The summed E-state index contributed by atoms with van der Waals surface area (Å²) in [6.07, 6.45) is 1.59. The summed E-state index contributed by atoms with van der Waals surface area (Å²) in [5.74, 6) is 2.95. The highest BCUT2D eigenvalue weighted by atomic mass is 16.7. The lowest BCUT2D eigenvalue weighted by molar-refractivity contribution is 0.101. The monoisotopic (exact) mass is 447 g/mol. The number of methoxy groups -OCH3 is 2. The third-order valence-electron chi connectivity index (χ3n) is 5.37. The Balaban J connectivity index is 1.45. The van der Waals surface area contributed by atoms with Crippen molar-refractivity contribution >= 4 is 22.5 Å². The molecule has 33 heavy (non-hydrogen) atoms. The molecule has 5 rings (SSSR count). The zero-order chi connectivity index (χ0) is 22.9. The van der Waals surface area contributed by atoms with Crippen molar-refractivity contribution in [1.29, 1.82) is 0 Å². The molecule has 0 saturated carbocycles. The second-order valence-corrected chi connectivity index (χ2v) is 7.25. The molecule has 0 bridgehead atoms. The van der Waals surface area contributed by atoms with Crippen molar-refractivity contribution in [3.63, 3.8) is 0 Å². The fraction of sp³-hybridized carbons (Fsp3) is 0.167. The molecule has 0 radical (unpaired) electrons. The molecule has 1 aliphatic rings. The Bertz CT molecular complexity index is 1360. The van der Waals surface area contributed by atoms with Crippen molar-refractivity contribution in [3.05, 3.63) is 60.4 Å². The first-order chi connectivity index (χ1) is 16.1. The number of carbonyl (C=O) groups excluding carboxylic acids is 1. The second-order valence-electron chi connectivity index (χ2n) is 7.25. The predicted molar refractivity (Wildman–Crippen MR) is 121 cm³/mol. The molecule has 0 spiro atoms. The van der Waals surface area contributed by atoms with E-state index < -0.39 is 0 Å². The summed E-state index contributed by atoms with van der Waals surface area (Å²) in [5.41, 5.74) is 1.60. The van der Waals surface area contributed by atoms with E-state index in [0.717, 1.165) is 10.9 Å². The average molecular weight is 447 g/mol. The van der Waals surface area contributed by atoms with E-state index in [1.165, 1.54) is 0 Å². The summed E-state index contributed by atoms with van der Waals surface area (Å²) in [6, 6.07) is 14.0. The topological polar surface area (TPSA) is 93.1 Å². The van der Waals surface area contributed by atoms with Crippen LogP contribution in [0.25, 0.3) is 10.9 Å². The van der Waals surface area contributed by atoms with Crippen LogP contribution in [0.15, 0.2) is 54.7 Å². The molecule has 1 amide bonds. The van der Waals surface area contributed by atoms with E-state index in [4.69, 9.17) is 23.7 Å². The number of hydrogen-bond acceptors (Lipinski definition) is 7. The lowest BCUT2D eigenvalue weighted by atomic mass is 10.2. The third kappa shape index (κ3) is 3.63. The largest absolute Gasteiger partial charge is 0.496 e. The quantitative estimate of drug-likeness (QED) is 0.469. The van der Waals surface area contributed by atoms with Crippen molar-refractivity contribution in [2.75, 3.05) is 26.3 Å². The molecule has 0 atom stereocenters. The van der Waals surface area contributed by atoms with Crippen LogP contribution in [-0.4, -0.2) is 36.5 Å². The maximum Gasteiger partial charge on any atom is 0.272 e. The number of ether oxygens (including phenoxy) is 5. The molecule has 4 aromatic rings. The Morgan fingerprint density at radius 3 is 2.64 bits per heavy atom. The maximum absolute atomic E-state index is 13.2. The van der Waals surface area contributed by atoms with E-state index >= 15 is 0 Å². The van der Waals surface area contributed by atoms with Gasteiger partial charge in [0.15, 0.2) is 11.5 Å². The van der Waals surface area contributed by atoms with Gasteiger partial charge in [0.05, 0.1) is 19.7 Å². The van der Waals surface area contributed by atoms with E-state index in [1.807, 2.05) is 0 Å². The highest BCUT2D eigenvalue weighted by molar-refractivity contribution is 6.08. The van der Waals surface area contributed by atoms with Gasteiger partial charge in [-0.25, -0.2) is 4.98 Å². The van der Waals surface area contributed by atoms with Gasteiger partial charge in [0.25, 0.3) is 5.91 Å². The molecule has 3 heterocycles. The molecule has 0 fully saturated rings. The third-order valence-corrected chi connectivity index (χ3v) is 5.37. The van der Waals surface area contributed by atoms with Gasteiger partial charge in [-0.15, -0.1) is 0 Å². The Hall–Kier alpha value is -4.40. The van der Waals surface area contributed by atoms with Gasteiger partial charge in [-0.2, -0.15) is 0 Å². The van der Waals surface area contributed by atoms with Crippen LogP contribution in [-0.2, 0) is 7.05 Å². The first-order valence-corrected chi connectivity index (χ1v) is 10.1. The fourth-order valence-electron chi connectivity index (χ4n) is 3.78. The Morgan fingerprint density at radius 1 is 1.03 bits per heavy atom. The number of nitrogens with zero attached hydrogens (tertiary/aromatic N) is 2. The highest BCUT2D eigenvalue weighted by Crippen LogP contribution is 2.38. The van der Waals surface area contributed by atoms with Gasteiger partial charge in [-0.3, -0.25) is 4.79 Å². The first kappa shape index (κ1) is 20.5. The number of amides is 1. The summed E-state index contributed by atoms with van der Waals surface area (Å²) in [4.78, 5) is 17.5. The molecule has 9 nitrogen and oxygen atoms in total. The average Bonchev–Trinajstić information content (AvgIpc) is 3.44. The van der Waals surface area contributed by atoms with Crippen molar-refractivity contribution in [2.45, 2.75) is 0 Å². The summed E-state index contributed by atoms with van der Waals surface area (Å²) < 4.78 is 29.4. The van der Waals surface area contributed by atoms with Gasteiger partial charge in [0.2, 0.25) is 12.7 Å². The number of fused-ring (bicyclic) bond motifs is 2. The Labute approximate surface area is 189 Å². The molecule has 1 aliphatic heterocycles. The van der Waals surface area contributed by atoms with Crippen molar-refractivity contribution in [1.82, 2.24) is 9.55 Å². The molecule has 0 unspecified atom stereocenters. The van der Waals surface area contributed by atoms with Gasteiger partial charge >= 0.3 is 0 Å². The number of benzene rings is 2. The maximum atomic E-state index is 13.2. The number of pyridine rings is 1. The SMILES string of the molecule is COc1ccc(OC)c2c1cc(C(=O)Nc1cccnc1Oc1ccc3c(c1)OCO3)n2C. The van der Waals surface area contributed by atoms with Gasteiger partial charge < -0.3 is 33.6 Å². The predicted octanol–water partition coefficient (Wildman–Crippen LogP) is 4.36. The van der Waals surface area contributed by atoms with Crippen LogP contribution in [0.4, 0.5) is 5.69 Å². The van der Waals surface area contributed by atoms with E-state index in [9.17, 15) is 4.79 Å². The number of aryl methyl sites for hydroxylation is 1. The number of carbonyl (C=O) groups is 1.